The van der Waals surface area contributed by atoms with Crippen molar-refractivity contribution in [1.82, 2.24) is 29.9 Å². The molecule has 26 heavy (non-hydrogen) atoms. The molecular formula is C17H22ClN7O. The van der Waals surface area contributed by atoms with Crippen molar-refractivity contribution in [2.24, 2.45) is 0 Å². The van der Waals surface area contributed by atoms with Gasteiger partial charge < -0.3 is 9.88 Å². The Hall–Kier alpha value is -2.45. The van der Waals surface area contributed by atoms with Gasteiger partial charge in [-0.25, -0.2) is 9.67 Å². The number of amides is 1. The van der Waals surface area contributed by atoms with Crippen LogP contribution in [-0.4, -0.2) is 43.5 Å². The van der Waals surface area contributed by atoms with Crippen molar-refractivity contribution in [1.29, 1.82) is 0 Å². The number of anilines is 1. The highest BCUT2D eigenvalue weighted by Crippen LogP contribution is 2.20. The first kappa shape index (κ1) is 18.3. The zero-order chi connectivity index (χ0) is 17.2. The number of carbonyl (C=O) groups is 1. The van der Waals surface area contributed by atoms with Crippen LogP contribution in [0, 0.1) is 0 Å². The minimum Gasteiger partial charge on any atom is -0.317 e. The first-order chi connectivity index (χ1) is 12.3. The number of hydrogen-bond donors (Lipinski definition) is 2. The zero-order valence-electron chi connectivity index (χ0n) is 14.6. The molecule has 0 unspecified atom stereocenters. The Labute approximate surface area is 157 Å². The van der Waals surface area contributed by atoms with Gasteiger partial charge in [-0.05, 0) is 45.0 Å². The fraction of sp³-hybridized carbons (Fsp3) is 0.412. The molecule has 138 valence electrons. The Kier molecular flexibility index (Phi) is 5.53. The standard InChI is InChI=1S/C17H21N7O.ClH/c1-2-23-15-6-4-3-5-13(15)19-17(23)20-16(25)14-11-24(22-21-14)12-7-9-18-10-8-12;/h3-6,11-12,18H,2,7-10H2,1H3,(H,19,20,25);1H. The smallest absolute Gasteiger partial charge is 0.280 e. The maximum absolute atomic E-state index is 12.6. The van der Waals surface area contributed by atoms with Gasteiger partial charge >= 0.3 is 0 Å². The molecule has 4 rings (SSSR count). The lowest BCUT2D eigenvalue weighted by atomic mass is 10.1. The molecule has 8 nitrogen and oxygen atoms in total. The van der Waals surface area contributed by atoms with E-state index in [1.54, 1.807) is 10.9 Å². The highest BCUT2D eigenvalue weighted by atomic mass is 35.5. The summed E-state index contributed by atoms with van der Waals surface area (Å²) in [6, 6.07) is 8.13. The number of aryl methyl sites for hydroxylation is 1. The molecule has 0 aliphatic carbocycles. The number of carbonyl (C=O) groups excluding carboxylic acids is 1. The Morgan fingerprint density at radius 2 is 2.08 bits per heavy atom. The van der Waals surface area contributed by atoms with Crippen LogP contribution in [-0.2, 0) is 6.54 Å². The summed E-state index contributed by atoms with van der Waals surface area (Å²) in [7, 11) is 0. The molecular weight excluding hydrogens is 354 g/mol. The molecule has 1 aromatic carbocycles. The Bertz CT molecular complexity index is 898. The van der Waals surface area contributed by atoms with E-state index in [1.165, 1.54) is 0 Å². The molecule has 1 aliphatic heterocycles. The van der Waals surface area contributed by atoms with Crippen LogP contribution < -0.4 is 10.6 Å². The summed E-state index contributed by atoms with van der Waals surface area (Å²) in [4.78, 5) is 17.1. The van der Waals surface area contributed by atoms with Crippen LogP contribution in [0.3, 0.4) is 0 Å². The number of piperidine rings is 1. The van der Waals surface area contributed by atoms with E-state index >= 15 is 0 Å². The van der Waals surface area contributed by atoms with E-state index in [0.717, 1.165) is 43.5 Å². The summed E-state index contributed by atoms with van der Waals surface area (Å²) in [5.41, 5.74) is 2.17. The number of imidazole rings is 1. The third-order valence-corrected chi connectivity index (χ3v) is 4.62. The normalized spacial score (nSPS) is 15.0. The number of benzene rings is 1. The highest BCUT2D eigenvalue weighted by Gasteiger charge is 2.20. The summed E-state index contributed by atoms with van der Waals surface area (Å²) < 4.78 is 3.78. The van der Waals surface area contributed by atoms with Gasteiger partial charge in [-0.15, -0.1) is 17.5 Å². The highest BCUT2D eigenvalue weighted by molar-refractivity contribution is 6.02. The van der Waals surface area contributed by atoms with Gasteiger partial charge in [0.15, 0.2) is 5.69 Å². The minimum atomic E-state index is -0.287. The van der Waals surface area contributed by atoms with E-state index in [1.807, 2.05) is 35.8 Å². The molecule has 0 atom stereocenters. The molecule has 3 heterocycles. The predicted molar refractivity (Wildman–Crippen MR) is 102 cm³/mol. The van der Waals surface area contributed by atoms with E-state index < -0.39 is 0 Å². The van der Waals surface area contributed by atoms with Crippen LogP contribution in [0.25, 0.3) is 11.0 Å². The summed E-state index contributed by atoms with van der Waals surface area (Å²) in [6.45, 7) is 4.67. The summed E-state index contributed by atoms with van der Waals surface area (Å²) in [5, 5.41) is 14.4. The number of aromatic nitrogens is 5. The third-order valence-electron chi connectivity index (χ3n) is 4.62. The van der Waals surface area contributed by atoms with Crippen molar-refractivity contribution >= 4 is 35.3 Å². The lowest BCUT2D eigenvalue weighted by Gasteiger charge is -2.22. The number of halogens is 1. The largest absolute Gasteiger partial charge is 0.317 e. The topological polar surface area (TPSA) is 89.7 Å². The maximum atomic E-state index is 12.6. The molecule has 9 heteroatoms. The van der Waals surface area contributed by atoms with Crippen LogP contribution >= 0.6 is 12.4 Å². The quantitative estimate of drug-likeness (QED) is 0.730. The van der Waals surface area contributed by atoms with Crippen LogP contribution in [0.5, 0.6) is 0 Å². The van der Waals surface area contributed by atoms with Gasteiger partial charge in [0.25, 0.3) is 5.91 Å². The van der Waals surface area contributed by atoms with Crippen molar-refractivity contribution in [3.05, 3.63) is 36.2 Å². The number of hydrogen-bond acceptors (Lipinski definition) is 5. The predicted octanol–water partition coefficient (Wildman–Crippen LogP) is 2.25. The average Bonchev–Trinajstić information content (AvgIpc) is 3.27. The first-order valence-electron chi connectivity index (χ1n) is 8.65. The van der Waals surface area contributed by atoms with Gasteiger partial charge in [0.2, 0.25) is 5.95 Å². The molecule has 1 saturated heterocycles. The van der Waals surface area contributed by atoms with Crippen molar-refractivity contribution in [2.45, 2.75) is 32.4 Å². The second-order valence-electron chi connectivity index (χ2n) is 6.19. The zero-order valence-corrected chi connectivity index (χ0v) is 15.4. The van der Waals surface area contributed by atoms with Crippen molar-refractivity contribution in [3.8, 4) is 0 Å². The van der Waals surface area contributed by atoms with Crippen LogP contribution in [0.15, 0.2) is 30.5 Å². The molecule has 2 N–H and O–H groups in total. The second-order valence-corrected chi connectivity index (χ2v) is 6.19. The first-order valence-corrected chi connectivity index (χ1v) is 8.65. The summed E-state index contributed by atoms with van der Waals surface area (Å²) in [6.07, 6.45) is 3.72. The Morgan fingerprint density at radius 1 is 1.31 bits per heavy atom. The number of nitrogens with zero attached hydrogens (tertiary/aromatic N) is 5. The fourth-order valence-electron chi connectivity index (χ4n) is 3.29. The average molecular weight is 376 g/mol. The van der Waals surface area contributed by atoms with Crippen LogP contribution in [0.4, 0.5) is 5.95 Å². The van der Waals surface area contributed by atoms with E-state index in [0.29, 0.717) is 17.7 Å². The Morgan fingerprint density at radius 3 is 2.85 bits per heavy atom. The van der Waals surface area contributed by atoms with Gasteiger partial charge in [0.1, 0.15) is 0 Å². The summed E-state index contributed by atoms with van der Waals surface area (Å²) in [5.74, 6) is 0.246. The van der Waals surface area contributed by atoms with Crippen molar-refractivity contribution < 1.29 is 4.79 Å². The molecule has 3 aromatic rings. The van der Waals surface area contributed by atoms with Crippen molar-refractivity contribution in [3.63, 3.8) is 0 Å². The van der Waals surface area contributed by atoms with E-state index in [2.05, 4.69) is 25.9 Å². The molecule has 1 fully saturated rings. The molecule has 0 spiro atoms. The van der Waals surface area contributed by atoms with Crippen molar-refractivity contribution in [2.75, 3.05) is 18.4 Å². The van der Waals surface area contributed by atoms with E-state index in [9.17, 15) is 4.79 Å². The van der Waals surface area contributed by atoms with Gasteiger partial charge in [-0.2, -0.15) is 0 Å². The maximum Gasteiger partial charge on any atom is 0.280 e. The third kappa shape index (κ3) is 3.42. The Balaban J connectivity index is 0.00000196. The molecule has 0 bridgehead atoms. The molecule has 1 aliphatic rings. The number of nitrogens with one attached hydrogen (secondary N) is 2. The van der Waals surface area contributed by atoms with Crippen LogP contribution in [0.2, 0.25) is 0 Å². The second kappa shape index (κ2) is 7.84. The lowest BCUT2D eigenvalue weighted by Crippen LogP contribution is -2.29. The number of rotatable bonds is 4. The molecule has 0 saturated carbocycles. The minimum absolute atomic E-state index is 0. The van der Waals surface area contributed by atoms with E-state index in [4.69, 9.17) is 0 Å². The van der Waals surface area contributed by atoms with Crippen LogP contribution in [0.1, 0.15) is 36.3 Å². The van der Waals surface area contributed by atoms with Gasteiger partial charge in [-0.1, -0.05) is 17.3 Å². The molecule has 2 aromatic heterocycles. The van der Waals surface area contributed by atoms with Gasteiger partial charge in [0.05, 0.1) is 23.3 Å². The monoisotopic (exact) mass is 375 g/mol. The van der Waals surface area contributed by atoms with Gasteiger partial charge in [0, 0.05) is 6.54 Å². The fourth-order valence-corrected chi connectivity index (χ4v) is 3.29. The molecule has 1 amide bonds. The lowest BCUT2D eigenvalue weighted by molar-refractivity contribution is 0.102. The molecule has 0 radical (unpaired) electrons. The summed E-state index contributed by atoms with van der Waals surface area (Å²) >= 11 is 0. The van der Waals surface area contributed by atoms with Gasteiger partial charge in [-0.3, -0.25) is 10.1 Å². The number of fused-ring (bicyclic) bond motifs is 1. The number of para-hydroxylation sites is 2. The SMILES string of the molecule is CCn1c(NC(=O)c2cn(C3CCNCC3)nn2)nc2ccccc21.Cl. The van der Waals surface area contributed by atoms with E-state index in [-0.39, 0.29) is 18.3 Å².